The van der Waals surface area contributed by atoms with Crippen LogP contribution in [0.1, 0.15) is 342 Å². The Morgan fingerprint density at radius 3 is 0.974 bits per heavy atom. The Kier molecular flexibility index (Phi) is 51.3. The second-order valence-electron chi connectivity index (χ2n) is 23.1. The van der Waals surface area contributed by atoms with E-state index in [1.54, 1.807) is 0 Å². The smallest absolute Gasteiger partial charge is 0.335 e. The highest BCUT2D eigenvalue weighted by atomic mass is 16.7. The zero-order valence-corrected chi connectivity index (χ0v) is 50.2. The summed E-state index contributed by atoms with van der Waals surface area (Å²) in [4.78, 5) is 51.2. The average molecular weight is 1100 g/mol. The second kappa shape index (κ2) is 54.3. The molecule has 1 rings (SSSR count). The summed E-state index contributed by atoms with van der Waals surface area (Å²) in [5, 5.41) is 31.6. The number of aliphatic hydroxyl groups excluding tert-OH is 2. The quantitative estimate of drug-likeness (QED) is 0.0299. The van der Waals surface area contributed by atoms with Gasteiger partial charge in [0.15, 0.2) is 24.6 Å². The number of esters is 3. The summed E-state index contributed by atoms with van der Waals surface area (Å²) in [6.07, 6.45) is 47.9. The molecule has 12 heteroatoms. The minimum absolute atomic E-state index is 0.0712. The van der Waals surface area contributed by atoms with Gasteiger partial charge in [0.2, 0.25) is 0 Å². The number of unbranched alkanes of at least 4 members (excludes halogenated alkanes) is 44. The first-order valence-electron chi connectivity index (χ1n) is 33.0. The van der Waals surface area contributed by atoms with Gasteiger partial charge in [-0.15, -0.1) is 0 Å². The first-order valence-corrected chi connectivity index (χ1v) is 33.0. The van der Waals surface area contributed by atoms with E-state index in [1.165, 1.54) is 225 Å². The molecule has 12 nitrogen and oxygen atoms in total. The predicted octanol–water partition coefficient (Wildman–Crippen LogP) is 17.5. The molecule has 0 amide bonds. The molecule has 0 aromatic rings. The third-order valence-corrected chi connectivity index (χ3v) is 15.7. The summed E-state index contributed by atoms with van der Waals surface area (Å²) < 4.78 is 28.5. The van der Waals surface area contributed by atoms with Crippen LogP contribution in [0, 0.1) is 0 Å². The van der Waals surface area contributed by atoms with E-state index >= 15 is 0 Å². The summed E-state index contributed by atoms with van der Waals surface area (Å²) >= 11 is 0. The monoisotopic (exact) mass is 1090 g/mol. The van der Waals surface area contributed by atoms with E-state index in [0.717, 1.165) is 57.8 Å². The van der Waals surface area contributed by atoms with E-state index in [-0.39, 0.29) is 25.9 Å². The number of ether oxygens (including phenoxy) is 5. The Hall–Kier alpha value is -2.28. The maximum Gasteiger partial charge on any atom is 0.335 e. The Bertz CT molecular complexity index is 1340. The van der Waals surface area contributed by atoms with Crippen LogP contribution < -0.4 is 0 Å². The van der Waals surface area contributed by atoms with Gasteiger partial charge < -0.3 is 39.0 Å². The van der Waals surface area contributed by atoms with Gasteiger partial charge in [-0.2, -0.15) is 0 Å². The molecule has 0 aliphatic carbocycles. The summed E-state index contributed by atoms with van der Waals surface area (Å²) in [5.74, 6) is -3.06. The largest absolute Gasteiger partial charge is 0.479 e. The Morgan fingerprint density at radius 2 is 0.662 bits per heavy atom. The molecule has 1 aliphatic heterocycles. The molecule has 6 unspecified atom stereocenters. The van der Waals surface area contributed by atoms with Gasteiger partial charge in [-0.3, -0.25) is 14.4 Å². The molecule has 0 spiro atoms. The van der Waals surface area contributed by atoms with Gasteiger partial charge in [0.1, 0.15) is 18.8 Å². The number of aliphatic hydroxyl groups is 2. The van der Waals surface area contributed by atoms with Crippen LogP contribution in [-0.4, -0.2) is 89.2 Å². The van der Waals surface area contributed by atoms with E-state index in [9.17, 15) is 34.5 Å². The molecule has 3 N–H and O–H groups in total. The molecular weight excluding hydrogens is 973 g/mol. The number of hydrogen-bond acceptors (Lipinski definition) is 11. The Balaban J connectivity index is 2.58. The normalized spacial score (nSPS) is 17.9. The van der Waals surface area contributed by atoms with Crippen LogP contribution in [0.25, 0.3) is 0 Å². The number of rotatable bonds is 58. The standard InChI is InChI=1S/C65H122O12/c1-4-7-10-13-16-19-22-24-26-28-29-31-32-34-37-39-42-45-48-51-57(66)73-54-56(75-58(67)52-49-46-43-40-36-21-18-15-12-9-6-3)55-74-65-63(61(70)60(69)62(77-65)64(71)72)76-59(68)53-50-47-44-41-38-35-33-30-27-25-23-20-17-14-11-8-5-2/h56,60-63,65,69-70H,4-55H2,1-3H3,(H,71,72). The van der Waals surface area contributed by atoms with Crippen molar-refractivity contribution in [2.45, 2.75) is 379 Å². The molecule has 1 heterocycles. The molecule has 0 saturated carbocycles. The minimum Gasteiger partial charge on any atom is -0.479 e. The molecule has 0 radical (unpaired) electrons. The molecule has 0 aromatic carbocycles. The highest BCUT2D eigenvalue weighted by molar-refractivity contribution is 5.74. The first-order chi connectivity index (χ1) is 37.6. The maximum atomic E-state index is 13.1. The van der Waals surface area contributed by atoms with Crippen molar-refractivity contribution >= 4 is 23.9 Å². The second-order valence-corrected chi connectivity index (χ2v) is 23.1. The number of carbonyl (C=O) groups is 4. The van der Waals surface area contributed by atoms with Crippen molar-refractivity contribution in [1.82, 2.24) is 0 Å². The lowest BCUT2D eigenvalue weighted by molar-refractivity contribution is -0.301. The number of carbonyl (C=O) groups excluding carboxylic acids is 3. The van der Waals surface area contributed by atoms with E-state index in [0.29, 0.717) is 19.3 Å². The van der Waals surface area contributed by atoms with E-state index in [1.807, 2.05) is 0 Å². The zero-order valence-electron chi connectivity index (χ0n) is 50.2. The van der Waals surface area contributed by atoms with Crippen LogP contribution in [0.5, 0.6) is 0 Å². The topological polar surface area (TPSA) is 175 Å². The minimum atomic E-state index is -1.89. The van der Waals surface area contributed by atoms with Gasteiger partial charge in [0, 0.05) is 19.3 Å². The Labute approximate surface area is 472 Å². The van der Waals surface area contributed by atoms with Gasteiger partial charge >= 0.3 is 23.9 Å². The SMILES string of the molecule is CCCCCCCCCCCCCCCCCCCCCC(=O)OCC(COC1OC(C(=O)O)C(O)C(O)C1OC(=O)CCCCCCCCCCCCCCCCCCC)OC(=O)CCCCCCCCCCCCC. The van der Waals surface area contributed by atoms with Crippen molar-refractivity contribution in [3.8, 4) is 0 Å². The molecule has 0 aromatic heterocycles. The van der Waals surface area contributed by atoms with Crippen LogP contribution in [0.3, 0.4) is 0 Å². The highest BCUT2D eigenvalue weighted by Gasteiger charge is 2.50. The third kappa shape index (κ3) is 44.1. The first kappa shape index (κ1) is 72.7. The lowest BCUT2D eigenvalue weighted by Gasteiger charge is -2.40. The molecule has 0 bridgehead atoms. The van der Waals surface area contributed by atoms with Gasteiger partial charge in [-0.1, -0.05) is 303 Å². The van der Waals surface area contributed by atoms with Crippen LogP contribution in [0.15, 0.2) is 0 Å². The summed E-state index contributed by atoms with van der Waals surface area (Å²) in [6, 6.07) is 0. The van der Waals surface area contributed by atoms with E-state index < -0.39 is 67.3 Å². The third-order valence-electron chi connectivity index (χ3n) is 15.7. The summed E-state index contributed by atoms with van der Waals surface area (Å²) in [5.41, 5.74) is 0. The fourth-order valence-electron chi connectivity index (χ4n) is 10.6. The zero-order chi connectivity index (χ0) is 56.1. The molecule has 1 aliphatic rings. The molecule has 6 atom stereocenters. The lowest BCUT2D eigenvalue weighted by Crippen LogP contribution is -2.61. The van der Waals surface area contributed by atoms with E-state index in [2.05, 4.69) is 20.8 Å². The molecule has 1 saturated heterocycles. The van der Waals surface area contributed by atoms with Crippen molar-refractivity contribution in [2.75, 3.05) is 13.2 Å². The summed E-state index contributed by atoms with van der Waals surface area (Å²) in [7, 11) is 0. The predicted molar refractivity (Wildman–Crippen MR) is 313 cm³/mol. The van der Waals surface area contributed by atoms with Gasteiger partial charge in [0.25, 0.3) is 0 Å². The van der Waals surface area contributed by atoms with E-state index in [4.69, 9.17) is 23.7 Å². The molecular formula is C65H122O12. The fourth-order valence-corrected chi connectivity index (χ4v) is 10.6. The number of carboxylic acids is 1. The number of carboxylic acid groups (broad SMARTS) is 1. The van der Waals surface area contributed by atoms with Crippen LogP contribution in [0.4, 0.5) is 0 Å². The highest BCUT2D eigenvalue weighted by Crippen LogP contribution is 2.27. The van der Waals surface area contributed by atoms with Crippen LogP contribution in [-0.2, 0) is 42.9 Å². The van der Waals surface area contributed by atoms with Crippen molar-refractivity contribution in [2.24, 2.45) is 0 Å². The fraction of sp³-hybridized carbons (Fsp3) is 0.938. The molecule has 77 heavy (non-hydrogen) atoms. The van der Waals surface area contributed by atoms with Crippen molar-refractivity contribution in [1.29, 1.82) is 0 Å². The van der Waals surface area contributed by atoms with Crippen LogP contribution >= 0.6 is 0 Å². The van der Waals surface area contributed by atoms with Crippen molar-refractivity contribution in [3.05, 3.63) is 0 Å². The Morgan fingerprint density at radius 1 is 0.377 bits per heavy atom. The average Bonchev–Trinajstić information content (AvgIpc) is 3.41. The van der Waals surface area contributed by atoms with Gasteiger partial charge in [-0.05, 0) is 19.3 Å². The molecule has 1 fully saturated rings. The van der Waals surface area contributed by atoms with Gasteiger partial charge in [0.05, 0.1) is 6.61 Å². The molecule has 454 valence electrons. The number of hydrogen-bond donors (Lipinski definition) is 3. The maximum absolute atomic E-state index is 13.1. The number of aliphatic carboxylic acids is 1. The van der Waals surface area contributed by atoms with Crippen LogP contribution in [0.2, 0.25) is 0 Å². The van der Waals surface area contributed by atoms with Crippen molar-refractivity contribution < 1.29 is 58.2 Å². The van der Waals surface area contributed by atoms with Crippen molar-refractivity contribution in [3.63, 3.8) is 0 Å². The lowest BCUT2D eigenvalue weighted by atomic mass is 9.98. The summed E-state index contributed by atoms with van der Waals surface area (Å²) in [6.45, 7) is 6.06. The van der Waals surface area contributed by atoms with Gasteiger partial charge in [-0.25, -0.2) is 4.79 Å².